The van der Waals surface area contributed by atoms with Crippen molar-refractivity contribution < 1.29 is 14.6 Å². The second-order valence-corrected chi connectivity index (χ2v) is 3.60. The first-order chi connectivity index (χ1) is 7.71. The lowest BCUT2D eigenvalue weighted by atomic mass is 9.90. The van der Waals surface area contributed by atoms with Gasteiger partial charge in [0.15, 0.2) is 0 Å². The molecule has 1 aliphatic carbocycles. The van der Waals surface area contributed by atoms with Crippen molar-refractivity contribution in [3.63, 3.8) is 0 Å². The van der Waals surface area contributed by atoms with Crippen molar-refractivity contribution in [2.24, 2.45) is 0 Å². The van der Waals surface area contributed by atoms with Crippen LogP contribution in [0.3, 0.4) is 0 Å². The Morgan fingerprint density at radius 2 is 1.69 bits per heavy atom. The minimum absolute atomic E-state index is 0.201. The molecule has 0 spiro atoms. The molecule has 0 saturated heterocycles. The van der Waals surface area contributed by atoms with Gasteiger partial charge in [0.05, 0.1) is 20.3 Å². The van der Waals surface area contributed by atoms with E-state index < -0.39 is 0 Å². The van der Waals surface area contributed by atoms with Crippen molar-refractivity contribution in [1.29, 1.82) is 0 Å². The van der Waals surface area contributed by atoms with Gasteiger partial charge < -0.3 is 19.9 Å². The molecule has 0 atom stereocenters. The molecule has 7 nitrogen and oxygen atoms in total. The van der Waals surface area contributed by atoms with Crippen molar-refractivity contribution in [1.82, 2.24) is 15.0 Å². The number of rotatable bonds is 4. The number of nitrogens with one attached hydrogen (secondary N) is 1. The van der Waals surface area contributed by atoms with Crippen LogP contribution in [0.4, 0.5) is 5.95 Å². The van der Waals surface area contributed by atoms with Gasteiger partial charge in [0.25, 0.3) is 0 Å². The molecule has 0 aliphatic heterocycles. The zero-order valence-electron chi connectivity index (χ0n) is 9.17. The van der Waals surface area contributed by atoms with E-state index >= 15 is 0 Å². The van der Waals surface area contributed by atoms with E-state index in [1.807, 2.05) is 0 Å². The van der Waals surface area contributed by atoms with Crippen LogP contribution >= 0.6 is 0 Å². The number of aliphatic hydroxyl groups excluding tert-OH is 1. The summed E-state index contributed by atoms with van der Waals surface area (Å²) in [6.45, 7) is 0. The smallest absolute Gasteiger partial charge is 0.324 e. The first-order valence-corrected chi connectivity index (χ1v) is 5.00. The molecule has 0 unspecified atom stereocenters. The maximum absolute atomic E-state index is 9.16. The van der Waals surface area contributed by atoms with Gasteiger partial charge in [-0.05, 0) is 12.8 Å². The standard InChI is InChI=1S/C9H14N4O3/c1-15-8-11-7(12-9(13-8)16-2)10-5-3-6(14)4-5/h5-6,14H,3-4H2,1-2H3,(H,10,11,12,13). The van der Waals surface area contributed by atoms with Crippen LogP contribution in [0.15, 0.2) is 0 Å². The lowest BCUT2D eigenvalue weighted by Crippen LogP contribution is -2.39. The molecule has 0 aromatic carbocycles. The van der Waals surface area contributed by atoms with E-state index in [0.717, 1.165) is 0 Å². The molecule has 2 N–H and O–H groups in total. The van der Waals surface area contributed by atoms with Gasteiger partial charge in [-0.15, -0.1) is 4.98 Å². The molecule has 1 aromatic rings. The Bertz CT molecular complexity index is 346. The number of aliphatic hydroxyl groups is 1. The Morgan fingerprint density at radius 3 is 2.12 bits per heavy atom. The zero-order chi connectivity index (χ0) is 11.5. The predicted molar refractivity (Wildman–Crippen MR) is 55.6 cm³/mol. The van der Waals surface area contributed by atoms with Crippen LogP contribution in [0, 0.1) is 0 Å². The van der Waals surface area contributed by atoms with Gasteiger partial charge in [-0.2, -0.15) is 9.97 Å². The van der Waals surface area contributed by atoms with E-state index in [0.29, 0.717) is 18.8 Å². The molecule has 1 aromatic heterocycles. The molecule has 1 heterocycles. The summed E-state index contributed by atoms with van der Waals surface area (Å²) in [5.74, 6) is 0.403. The third-order valence-corrected chi connectivity index (χ3v) is 2.41. The van der Waals surface area contributed by atoms with Gasteiger partial charge in [-0.3, -0.25) is 0 Å². The van der Waals surface area contributed by atoms with E-state index in [4.69, 9.17) is 14.6 Å². The van der Waals surface area contributed by atoms with Gasteiger partial charge in [-0.1, -0.05) is 0 Å². The average Bonchev–Trinajstić information content (AvgIpc) is 2.26. The van der Waals surface area contributed by atoms with Crippen LogP contribution < -0.4 is 14.8 Å². The highest BCUT2D eigenvalue weighted by Gasteiger charge is 2.27. The lowest BCUT2D eigenvalue weighted by Gasteiger charge is -2.31. The molecule has 2 rings (SSSR count). The largest absolute Gasteiger partial charge is 0.467 e. The van der Waals surface area contributed by atoms with Crippen LogP contribution in [0.1, 0.15) is 12.8 Å². The SMILES string of the molecule is COc1nc(NC2CC(O)C2)nc(OC)n1. The summed E-state index contributed by atoms with van der Waals surface area (Å²) in [6.07, 6.45) is 1.19. The Kier molecular flexibility index (Phi) is 3.04. The average molecular weight is 226 g/mol. The predicted octanol–water partition coefficient (Wildman–Crippen LogP) is -0.176. The number of aromatic nitrogens is 3. The second kappa shape index (κ2) is 4.48. The Morgan fingerprint density at radius 1 is 1.12 bits per heavy atom. The Hall–Kier alpha value is -1.63. The minimum atomic E-state index is -0.219. The molecule has 1 aliphatic rings. The van der Waals surface area contributed by atoms with Crippen LogP contribution in [-0.4, -0.2) is 46.4 Å². The van der Waals surface area contributed by atoms with E-state index in [1.54, 1.807) is 0 Å². The number of hydrogen-bond donors (Lipinski definition) is 2. The number of anilines is 1. The van der Waals surface area contributed by atoms with Crippen LogP contribution in [0.5, 0.6) is 12.0 Å². The first kappa shape index (κ1) is 10.9. The third-order valence-electron chi connectivity index (χ3n) is 2.41. The van der Waals surface area contributed by atoms with Gasteiger partial charge in [0.2, 0.25) is 5.95 Å². The number of hydrogen-bond acceptors (Lipinski definition) is 7. The summed E-state index contributed by atoms with van der Waals surface area (Å²) in [7, 11) is 2.96. The first-order valence-electron chi connectivity index (χ1n) is 5.00. The topological polar surface area (TPSA) is 89.4 Å². The van der Waals surface area contributed by atoms with Crippen molar-refractivity contribution in [3.05, 3.63) is 0 Å². The molecule has 1 saturated carbocycles. The number of ether oxygens (including phenoxy) is 2. The van der Waals surface area contributed by atoms with Gasteiger partial charge in [-0.25, -0.2) is 0 Å². The molecule has 7 heteroatoms. The highest BCUT2D eigenvalue weighted by atomic mass is 16.5. The van der Waals surface area contributed by atoms with E-state index in [-0.39, 0.29) is 24.2 Å². The Balaban J connectivity index is 2.07. The number of methoxy groups -OCH3 is 2. The summed E-state index contributed by atoms with van der Waals surface area (Å²) in [5.41, 5.74) is 0. The minimum Gasteiger partial charge on any atom is -0.467 e. The van der Waals surface area contributed by atoms with Crippen LogP contribution in [-0.2, 0) is 0 Å². The molecule has 1 fully saturated rings. The van der Waals surface area contributed by atoms with E-state index in [2.05, 4.69) is 20.3 Å². The van der Waals surface area contributed by atoms with Crippen molar-refractivity contribution in [3.8, 4) is 12.0 Å². The van der Waals surface area contributed by atoms with Crippen LogP contribution in [0.25, 0.3) is 0 Å². The quantitative estimate of drug-likeness (QED) is 0.736. The Labute approximate surface area is 92.8 Å². The summed E-state index contributed by atoms with van der Waals surface area (Å²) in [4.78, 5) is 11.9. The maximum Gasteiger partial charge on any atom is 0.324 e. The molecule has 0 radical (unpaired) electrons. The molecule has 0 bridgehead atoms. The number of nitrogens with zero attached hydrogens (tertiary/aromatic N) is 3. The molecule has 16 heavy (non-hydrogen) atoms. The zero-order valence-corrected chi connectivity index (χ0v) is 9.17. The van der Waals surface area contributed by atoms with Gasteiger partial charge in [0, 0.05) is 6.04 Å². The maximum atomic E-state index is 9.16. The second-order valence-electron chi connectivity index (χ2n) is 3.60. The normalized spacial score (nSPS) is 23.4. The summed E-state index contributed by atoms with van der Waals surface area (Å²) < 4.78 is 9.84. The highest BCUT2D eigenvalue weighted by Crippen LogP contribution is 2.23. The fourth-order valence-corrected chi connectivity index (χ4v) is 1.47. The third kappa shape index (κ3) is 2.30. The van der Waals surface area contributed by atoms with Crippen molar-refractivity contribution in [2.45, 2.75) is 25.0 Å². The van der Waals surface area contributed by atoms with Crippen molar-refractivity contribution >= 4 is 5.95 Å². The van der Waals surface area contributed by atoms with E-state index in [1.165, 1.54) is 14.2 Å². The highest BCUT2D eigenvalue weighted by molar-refractivity contribution is 5.30. The molecular formula is C9H14N4O3. The van der Waals surface area contributed by atoms with Crippen molar-refractivity contribution in [2.75, 3.05) is 19.5 Å². The summed E-state index contributed by atoms with van der Waals surface area (Å²) in [6, 6.07) is 0.607. The summed E-state index contributed by atoms with van der Waals surface area (Å²) >= 11 is 0. The fraction of sp³-hybridized carbons (Fsp3) is 0.667. The van der Waals surface area contributed by atoms with E-state index in [9.17, 15) is 0 Å². The fourth-order valence-electron chi connectivity index (χ4n) is 1.47. The van der Waals surface area contributed by atoms with Gasteiger partial charge >= 0.3 is 12.0 Å². The molecule has 88 valence electrons. The monoisotopic (exact) mass is 226 g/mol. The molecule has 0 amide bonds. The van der Waals surface area contributed by atoms with Gasteiger partial charge in [0.1, 0.15) is 0 Å². The lowest BCUT2D eigenvalue weighted by molar-refractivity contribution is 0.0833. The molecular weight excluding hydrogens is 212 g/mol. The summed E-state index contributed by atoms with van der Waals surface area (Å²) in [5, 5.41) is 12.2. The van der Waals surface area contributed by atoms with Crippen LogP contribution in [0.2, 0.25) is 0 Å².